The van der Waals surface area contributed by atoms with Gasteiger partial charge in [-0.2, -0.15) is 0 Å². The number of amides is 1. The first-order chi connectivity index (χ1) is 14.1. The van der Waals surface area contributed by atoms with Gasteiger partial charge in [0.2, 0.25) is 5.91 Å². The number of rotatable bonds is 9. The number of carbonyl (C=O) groups is 1. The van der Waals surface area contributed by atoms with Crippen LogP contribution in [0.2, 0.25) is 0 Å². The molecular formula is C22H32N4O2S. The minimum absolute atomic E-state index is 0.0175. The lowest BCUT2D eigenvalue weighted by Crippen LogP contribution is -2.30. The summed E-state index contributed by atoms with van der Waals surface area (Å²) in [5, 5.41) is 12.8. The summed E-state index contributed by atoms with van der Waals surface area (Å²) in [7, 11) is 1.67. The standard InChI is InChI=1S/C22H32N4O2S/c1-16(2)21(27)23-14-13-20-24-25-22(29-15-17-7-5-4-6-8-17)26(20)18-9-11-19(28-3)12-10-18/h9-12,16-17H,4-8,13-15H2,1-3H3,(H,23,27). The van der Waals surface area contributed by atoms with E-state index >= 15 is 0 Å². The number of carbonyl (C=O) groups excluding carboxylic acids is 1. The monoisotopic (exact) mass is 416 g/mol. The zero-order valence-corrected chi connectivity index (χ0v) is 18.5. The second-order valence-electron chi connectivity index (χ2n) is 7.94. The highest BCUT2D eigenvalue weighted by Gasteiger charge is 2.19. The molecule has 1 aromatic carbocycles. The highest BCUT2D eigenvalue weighted by molar-refractivity contribution is 7.99. The van der Waals surface area contributed by atoms with E-state index in [2.05, 4.69) is 20.1 Å². The Morgan fingerprint density at radius 2 is 1.93 bits per heavy atom. The molecule has 6 nitrogen and oxygen atoms in total. The molecule has 0 atom stereocenters. The fourth-order valence-electron chi connectivity index (χ4n) is 3.59. The highest BCUT2D eigenvalue weighted by Crippen LogP contribution is 2.31. The van der Waals surface area contributed by atoms with E-state index in [0.29, 0.717) is 13.0 Å². The van der Waals surface area contributed by atoms with Crippen LogP contribution in [0.5, 0.6) is 5.75 Å². The fraction of sp³-hybridized carbons (Fsp3) is 0.591. The Labute approximate surface area is 177 Å². The van der Waals surface area contributed by atoms with Crippen molar-refractivity contribution in [3.05, 3.63) is 30.1 Å². The maximum Gasteiger partial charge on any atom is 0.222 e. The number of hydrogen-bond donors (Lipinski definition) is 1. The van der Waals surface area contributed by atoms with Crippen molar-refractivity contribution < 1.29 is 9.53 Å². The van der Waals surface area contributed by atoms with Crippen LogP contribution < -0.4 is 10.1 Å². The number of hydrogen-bond acceptors (Lipinski definition) is 5. The third kappa shape index (κ3) is 5.98. The molecule has 29 heavy (non-hydrogen) atoms. The molecule has 2 aromatic rings. The van der Waals surface area contributed by atoms with Crippen LogP contribution >= 0.6 is 11.8 Å². The lowest BCUT2D eigenvalue weighted by atomic mass is 9.91. The molecule has 1 aromatic heterocycles. The average Bonchev–Trinajstić information content (AvgIpc) is 3.15. The first-order valence-electron chi connectivity index (χ1n) is 10.6. The van der Waals surface area contributed by atoms with Crippen molar-refractivity contribution in [2.24, 2.45) is 11.8 Å². The molecule has 1 aliphatic carbocycles. The van der Waals surface area contributed by atoms with E-state index in [1.54, 1.807) is 18.9 Å². The van der Waals surface area contributed by atoms with Crippen molar-refractivity contribution in [2.75, 3.05) is 19.4 Å². The maximum absolute atomic E-state index is 11.9. The van der Waals surface area contributed by atoms with Gasteiger partial charge in [0.05, 0.1) is 7.11 Å². The number of benzene rings is 1. The minimum Gasteiger partial charge on any atom is -0.497 e. The van der Waals surface area contributed by atoms with Gasteiger partial charge in [0.25, 0.3) is 0 Å². The van der Waals surface area contributed by atoms with Crippen LogP contribution in [0, 0.1) is 11.8 Å². The van der Waals surface area contributed by atoms with Gasteiger partial charge in [-0.1, -0.05) is 44.9 Å². The molecule has 0 radical (unpaired) electrons. The molecule has 1 aliphatic rings. The predicted molar refractivity (Wildman–Crippen MR) is 117 cm³/mol. The summed E-state index contributed by atoms with van der Waals surface area (Å²) in [5.74, 6) is 3.58. The Morgan fingerprint density at radius 3 is 2.59 bits per heavy atom. The SMILES string of the molecule is COc1ccc(-n2c(CCNC(=O)C(C)C)nnc2SCC2CCCCC2)cc1. The first-order valence-corrected chi connectivity index (χ1v) is 11.6. The average molecular weight is 417 g/mol. The molecule has 1 saturated carbocycles. The minimum atomic E-state index is -0.0175. The molecule has 7 heteroatoms. The molecule has 1 amide bonds. The van der Waals surface area contributed by atoms with Gasteiger partial charge >= 0.3 is 0 Å². The van der Waals surface area contributed by atoms with Crippen molar-refractivity contribution in [1.82, 2.24) is 20.1 Å². The van der Waals surface area contributed by atoms with E-state index < -0.39 is 0 Å². The zero-order chi connectivity index (χ0) is 20.6. The van der Waals surface area contributed by atoms with Crippen molar-refractivity contribution in [2.45, 2.75) is 57.5 Å². The van der Waals surface area contributed by atoms with Gasteiger partial charge in [-0.05, 0) is 43.0 Å². The Kier molecular flexibility index (Phi) is 7.98. The van der Waals surface area contributed by atoms with Gasteiger partial charge in [-0.3, -0.25) is 9.36 Å². The Balaban J connectivity index is 1.75. The van der Waals surface area contributed by atoms with Crippen LogP contribution in [-0.2, 0) is 11.2 Å². The molecule has 1 N–H and O–H groups in total. The van der Waals surface area contributed by atoms with Crippen LogP contribution in [0.1, 0.15) is 51.8 Å². The lowest BCUT2D eigenvalue weighted by Gasteiger charge is -2.20. The second kappa shape index (κ2) is 10.7. The normalized spacial score (nSPS) is 14.9. The number of nitrogens with one attached hydrogen (secondary N) is 1. The smallest absolute Gasteiger partial charge is 0.222 e. The number of nitrogens with zero attached hydrogens (tertiary/aromatic N) is 3. The van der Waals surface area contributed by atoms with Crippen molar-refractivity contribution in [3.63, 3.8) is 0 Å². The molecule has 1 heterocycles. The predicted octanol–water partition coefficient (Wildman–Crippen LogP) is 4.26. The van der Waals surface area contributed by atoms with Crippen molar-refractivity contribution in [3.8, 4) is 11.4 Å². The number of methoxy groups -OCH3 is 1. The molecule has 3 rings (SSSR count). The third-order valence-corrected chi connectivity index (χ3v) is 6.54. The van der Waals surface area contributed by atoms with E-state index in [1.807, 2.05) is 38.1 Å². The molecule has 1 fully saturated rings. The zero-order valence-electron chi connectivity index (χ0n) is 17.7. The van der Waals surface area contributed by atoms with Crippen LogP contribution in [-0.4, -0.2) is 40.1 Å². The van der Waals surface area contributed by atoms with Crippen LogP contribution in [0.15, 0.2) is 29.4 Å². The summed E-state index contributed by atoms with van der Waals surface area (Å²) in [5.41, 5.74) is 1.02. The number of aromatic nitrogens is 3. The van der Waals surface area contributed by atoms with Gasteiger partial charge in [0.15, 0.2) is 5.16 Å². The third-order valence-electron chi connectivity index (χ3n) is 5.38. The van der Waals surface area contributed by atoms with Gasteiger partial charge in [-0.15, -0.1) is 10.2 Å². The highest BCUT2D eigenvalue weighted by atomic mass is 32.2. The summed E-state index contributed by atoms with van der Waals surface area (Å²) in [6.45, 7) is 4.35. The molecular weight excluding hydrogens is 384 g/mol. The van der Waals surface area contributed by atoms with Gasteiger partial charge < -0.3 is 10.1 Å². The van der Waals surface area contributed by atoms with E-state index in [9.17, 15) is 4.79 Å². The molecule has 0 unspecified atom stereocenters. The molecule has 0 spiro atoms. The summed E-state index contributed by atoms with van der Waals surface area (Å²) in [6, 6.07) is 7.97. The van der Waals surface area contributed by atoms with Crippen LogP contribution in [0.25, 0.3) is 5.69 Å². The topological polar surface area (TPSA) is 69.0 Å². The maximum atomic E-state index is 11.9. The van der Waals surface area contributed by atoms with E-state index in [1.165, 1.54) is 32.1 Å². The molecule has 0 bridgehead atoms. The molecule has 0 aliphatic heterocycles. The van der Waals surface area contributed by atoms with E-state index in [0.717, 1.165) is 34.1 Å². The quantitative estimate of drug-likeness (QED) is 0.619. The van der Waals surface area contributed by atoms with Gasteiger partial charge in [0.1, 0.15) is 11.6 Å². The van der Waals surface area contributed by atoms with Gasteiger partial charge in [0, 0.05) is 30.3 Å². The fourth-order valence-corrected chi connectivity index (χ4v) is 4.75. The van der Waals surface area contributed by atoms with Crippen molar-refractivity contribution in [1.29, 1.82) is 0 Å². The van der Waals surface area contributed by atoms with E-state index in [4.69, 9.17) is 4.74 Å². The lowest BCUT2D eigenvalue weighted by molar-refractivity contribution is -0.123. The first kappa shape index (κ1) is 21.7. The molecule has 0 saturated heterocycles. The Morgan fingerprint density at radius 1 is 1.21 bits per heavy atom. The van der Waals surface area contributed by atoms with Gasteiger partial charge in [-0.25, -0.2) is 0 Å². The summed E-state index contributed by atoms with van der Waals surface area (Å²) < 4.78 is 7.41. The number of thioether (sulfide) groups is 1. The summed E-state index contributed by atoms with van der Waals surface area (Å²) >= 11 is 1.79. The number of ether oxygens (including phenoxy) is 1. The van der Waals surface area contributed by atoms with E-state index in [-0.39, 0.29) is 11.8 Å². The van der Waals surface area contributed by atoms with Crippen LogP contribution in [0.4, 0.5) is 0 Å². The second-order valence-corrected chi connectivity index (χ2v) is 8.93. The summed E-state index contributed by atoms with van der Waals surface area (Å²) in [6.07, 6.45) is 7.33. The summed E-state index contributed by atoms with van der Waals surface area (Å²) in [4.78, 5) is 11.9. The van der Waals surface area contributed by atoms with Crippen molar-refractivity contribution >= 4 is 17.7 Å². The van der Waals surface area contributed by atoms with Crippen LogP contribution in [0.3, 0.4) is 0 Å². The Hall–Kier alpha value is -2.02. The Bertz CT molecular complexity index is 783. The molecule has 158 valence electrons. The largest absolute Gasteiger partial charge is 0.497 e.